The van der Waals surface area contributed by atoms with E-state index in [9.17, 15) is 22.7 Å². The number of hydrogen-bond donors (Lipinski definition) is 2. The van der Waals surface area contributed by atoms with E-state index >= 15 is 0 Å². The van der Waals surface area contributed by atoms with Crippen molar-refractivity contribution in [3.05, 3.63) is 58.4 Å². The van der Waals surface area contributed by atoms with Crippen LogP contribution in [-0.4, -0.2) is 30.3 Å². The van der Waals surface area contributed by atoms with E-state index in [2.05, 4.69) is 5.32 Å². The first-order chi connectivity index (χ1) is 15.4. The third-order valence-corrected chi connectivity index (χ3v) is 9.77. The lowest BCUT2D eigenvalue weighted by molar-refractivity contribution is 0.0160. The molecule has 0 aliphatic heterocycles. The van der Waals surface area contributed by atoms with Crippen LogP contribution in [-0.2, 0) is 9.84 Å². The Morgan fingerprint density at radius 1 is 1.27 bits per heavy atom. The number of nitriles is 1. The molecule has 2 saturated carbocycles. The summed E-state index contributed by atoms with van der Waals surface area (Å²) in [6.07, 6.45) is 1.45. The minimum atomic E-state index is -3.85. The van der Waals surface area contributed by atoms with Gasteiger partial charge in [0.2, 0.25) is 0 Å². The third kappa shape index (κ3) is 4.25. The van der Waals surface area contributed by atoms with Gasteiger partial charge in [0, 0.05) is 11.3 Å². The molecular formula is C24H24ClFN2O4S. The molecule has 0 radical (unpaired) electrons. The van der Waals surface area contributed by atoms with Gasteiger partial charge in [-0.2, -0.15) is 5.26 Å². The molecule has 3 unspecified atom stereocenters. The molecule has 2 fully saturated rings. The van der Waals surface area contributed by atoms with Crippen molar-refractivity contribution in [2.24, 2.45) is 17.8 Å². The molecule has 1 amide bonds. The number of carbonyl (C=O) groups excluding carboxylic acids is 1. The van der Waals surface area contributed by atoms with Crippen molar-refractivity contribution in [3.63, 3.8) is 0 Å². The molecule has 4 rings (SSSR count). The van der Waals surface area contributed by atoms with Crippen molar-refractivity contribution < 1.29 is 22.7 Å². The monoisotopic (exact) mass is 490 g/mol. The summed E-state index contributed by atoms with van der Waals surface area (Å²) in [5.74, 6) is -1.06. The van der Waals surface area contributed by atoms with Gasteiger partial charge in [-0.1, -0.05) is 18.5 Å². The quantitative estimate of drug-likeness (QED) is 0.653. The molecule has 33 heavy (non-hydrogen) atoms. The van der Waals surface area contributed by atoms with E-state index in [0.717, 1.165) is 6.07 Å². The van der Waals surface area contributed by atoms with Gasteiger partial charge in [0.15, 0.2) is 9.84 Å². The first-order valence-corrected chi connectivity index (χ1v) is 12.6. The number of amides is 1. The highest BCUT2D eigenvalue weighted by Gasteiger charge is 2.55. The average Bonchev–Trinajstić information content (AvgIpc) is 3.30. The van der Waals surface area contributed by atoms with Gasteiger partial charge in [-0.15, -0.1) is 0 Å². The Hall–Kier alpha value is -2.47. The maximum absolute atomic E-state index is 13.5. The Kier molecular flexibility index (Phi) is 6.02. The number of carbonyl (C=O) groups is 1. The van der Waals surface area contributed by atoms with E-state index < -0.39 is 32.4 Å². The van der Waals surface area contributed by atoms with Crippen molar-refractivity contribution in [2.75, 3.05) is 5.32 Å². The van der Waals surface area contributed by atoms with Crippen molar-refractivity contribution >= 4 is 33.0 Å². The van der Waals surface area contributed by atoms with Crippen LogP contribution in [0.25, 0.3) is 0 Å². The van der Waals surface area contributed by atoms with Crippen LogP contribution in [0.1, 0.15) is 49.0 Å². The van der Waals surface area contributed by atoms with E-state index in [1.54, 1.807) is 13.0 Å². The predicted octanol–water partition coefficient (Wildman–Crippen LogP) is 4.56. The summed E-state index contributed by atoms with van der Waals surface area (Å²) >= 11 is 6.25. The molecule has 2 aliphatic carbocycles. The summed E-state index contributed by atoms with van der Waals surface area (Å²) in [5.41, 5.74) is -0.835. The molecule has 2 aliphatic rings. The van der Waals surface area contributed by atoms with E-state index in [1.165, 1.54) is 30.3 Å². The van der Waals surface area contributed by atoms with Crippen LogP contribution in [0.5, 0.6) is 0 Å². The van der Waals surface area contributed by atoms with Crippen LogP contribution < -0.4 is 5.32 Å². The first-order valence-electron chi connectivity index (χ1n) is 10.7. The fourth-order valence-electron chi connectivity index (χ4n) is 5.51. The van der Waals surface area contributed by atoms with E-state index in [-0.39, 0.29) is 44.5 Å². The molecule has 0 spiro atoms. The largest absolute Gasteiger partial charge is 0.390 e. The molecule has 174 valence electrons. The first kappa shape index (κ1) is 23.7. The Labute approximate surface area is 197 Å². The van der Waals surface area contributed by atoms with Gasteiger partial charge in [0.1, 0.15) is 11.9 Å². The van der Waals surface area contributed by atoms with E-state index in [1.807, 2.05) is 6.92 Å². The maximum Gasteiger partial charge on any atom is 0.255 e. The number of sulfone groups is 1. The van der Waals surface area contributed by atoms with Crippen LogP contribution in [0, 0.1) is 34.9 Å². The number of halogens is 2. The summed E-state index contributed by atoms with van der Waals surface area (Å²) in [6.45, 7) is 3.81. The molecule has 5 atom stereocenters. The molecule has 9 heteroatoms. The van der Waals surface area contributed by atoms with Crippen molar-refractivity contribution in [1.82, 2.24) is 0 Å². The predicted molar refractivity (Wildman–Crippen MR) is 122 cm³/mol. The molecule has 0 saturated heterocycles. The number of hydrogen-bond acceptors (Lipinski definition) is 5. The Bertz CT molecular complexity index is 1270. The lowest BCUT2D eigenvalue weighted by Gasteiger charge is -2.25. The number of benzene rings is 2. The highest BCUT2D eigenvalue weighted by molar-refractivity contribution is 7.92. The van der Waals surface area contributed by atoms with Crippen LogP contribution in [0.2, 0.25) is 5.02 Å². The van der Waals surface area contributed by atoms with Gasteiger partial charge in [-0.25, -0.2) is 12.8 Å². The number of aliphatic hydroxyl groups is 1. The van der Waals surface area contributed by atoms with Crippen molar-refractivity contribution in [3.8, 4) is 6.07 Å². The fourth-order valence-corrected chi connectivity index (χ4v) is 7.87. The zero-order valence-electron chi connectivity index (χ0n) is 18.2. The molecule has 2 N–H and O–H groups in total. The van der Waals surface area contributed by atoms with Crippen molar-refractivity contribution in [2.45, 2.75) is 48.9 Å². The Morgan fingerprint density at radius 3 is 2.67 bits per heavy atom. The maximum atomic E-state index is 13.5. The van der Waals surface area contributed by atoms with Crippen LogP contribution in [0.4, 0.5) is 10.1 Å². The van der Waals surface area contributed by atoms with Gasteiger partial charge < -0.3 is 10.4 Å². The smallest absolute Gasteiger partial charge is 0.255 e. The molecule has 0 bridgehead atoms. The van der Waals surface area contributed by atoms with E-state index in [4.69, 9.17) is 16.9 Å². The Morgan fingerprint density at radius 2 is 2.00 bits per heavy atom. The van der Waals surface area contributed by atoms with Gasteiger partial charge in [0.05, 0.1) is 26.3 Å². The summed E-state index contributed by atoms with van der Waals surface area (Å²) in [5, 5.41) is 21.6. The van der Waals surface area contributed by atoms with Crippen LogP contribution in [0.3, 0.4) is 0 Å². The second-order valence-electron chi connectivity index (χ2n) is 9.35. The zero-order valence-corrected chi connectivity index (χ0v) is 19.8. The number of fused-ring (bicyclic) bond motifs is 1. The highest BCUT2D eigenvalue weighted by atomic mass is 35.5. The number of nitrogens with zero attached hydrogens (tertiary/aromatic N) is 1. The summed E-state index contributed by atoms with van der Waals surface area (Å²) < 4.78 is 40.5. The minimum Gasteiger partial charge on any atom is -0.390 e. The van der Waals surface area contributed by atoms with Gasteiger partial charge in [-0.3, -0.25) is 4.79 Å². The normalized spacial score (nSPS) is 28.8. The standard InChI is InChI=1S/C24H24ClFN2O4S/c1-13-11-24(2,30)19-10-17(9-18(13)19)33(31,32)22-8-14(3-5-20(22)25)23(29)28-16-4-6-21(26)15(7-16)12-27/h3-8,13,17-19,30H,9-11H2,1-2H3,(H,28,29)/t13-,17?,18?,19?,24+/m1/s1. The molecule has 0 aromatic heterocycles. The van der Waals surface area contributed by atoms with Crippen LogP contribution >= 0.6 is 11.6 Å². The third-order valence-electron chi connectivity index (χ3n) is 7.12. The number of anilines is 1. The second kappa shape index (κ2) is 8.39. The summed E-state index contributed by atoms with van der Waals surface area (Å²) in [6, 6.07) is 9.30. The van der Waals surface area contributed by atoms with Crippen molar-refractivity contribution in [1.29, 1.82) is 5.26 Å². The van der Waals surface area contributed by atoms with E-state index in [0.29, 0.717) is 19.3 Å². The Balaban J connectivity index is 1.60. The topological polar surface area (TPSA) is 107 Å². The SMILES string of the molecule is C[C@@H]1C[C@](C)(O)C2CC(S(=O)(=O)c3cc(C(=O)Nc4ccc(F)c(C#N)c4)ccc3Cl)CC21. The lowest BCUT2D eigenvalue weighted by Crippen LogP contribution is -2.31. The average molecular weight is 491 g/mol. The number of nitrogens with one attached hydrogen (secondary N) is 1. The molecule has 2 aromatic carbocycles. The zero-order chi connectivity index (χ0) is 24.1. The minimum absolute atomic E-state index is 0.0250. The van der Waals surface area contributed by atoms with Gasteiger partial charge in [0.25, 0.3) is 5.91 Å². The van der Waals surface area contributed by atoms with Gasteiger partial charge >= 0.3 is 0 Å². The summed E-state index contributed by atoms with van der Waals surface area (Å²) in [4.78, 5) is 12.6. The molecule has 6 nitrogen and oxygen atoms in total. The molecule has 0 heterocycles. The number of rotatable bonds is 4. The van der Waals surface area contributed by atoms with Crippen LogP contribution in [0.15, 0.2) is 41.3 Å². The summed E-state index contributed by atoms with van der Waals surface area (Å²) in [7, 11) is -3.85. The van der Waals surface area contributed by atoms with Gasteiger partial charge in [-0.05, 0) is 80.3 Å². The lowest BCUT2D eigenvalue weighted by atomic mass is 9.89. The second-order valence-corrected chi connectivity index (χ2v) is 12.0. The highest BCUT2D eigenvalue weighted by Crippen LogP contribution is 2.54. The molecular weight excluding hydrogens is 467 g/mol. The molecule has 2 aromatic rings. The fraction of sp³-hybridized carbons (Fsp3) is 0.417.